The molecule has 6 heteroatoms. The van der Waals surface area contributed by atoms with Crippen molar-refractivity contribution in [3.05, 3.63) is 11.0 Å². The summed E-state index contributed by atoms with van der Waals surface area (Å²) in [5.41, 5.74) is 7.21. The maximum Gasteiger partial charge on any atom is 0.224 e. The van der Waals surface area contributed by atoms with Crippen molar-refractivity contribution in [1.29, 1.82) is 0 Å². The number of halogens is 1. The van der Waals surface area contributed by atoms with E-state index in [0.29, 0.717) is 11.5 Å². The Morgan fingerprint density at radius 2 is 2.00 bits per heavy atom. The minimum atomic E-state index is 0.238. The van der Waals surface area contributed by atoms with E-state index >= 15 is 0 Å². The molecule has 0 spiro atoms. The van der Waals surface area contributed by atoms with E-state index < -0.39 is 0 Å². The number of aryl methyl sites for hydroxylation is 1. The molecule has 5 nitrogen and oxygen atoms in total. The van der Waals surface area contributed by atoms with Gasteiger partial charge in [0.2, 0.25) is 5.28 Å². The highest BCUT2D eigenvalue weighted by Gasteiger charge is 2.11. The van der Waals surface area contributed by atoms with Crippen LogP contribution in [-0.2, 0) is 0 Å². The van der Waals surface area contributed by atoms with E-state index in [1.54, 1.807) is 0 Å². The number of aromatic nitrogens is 2. The minimum Gasteiger partial charge on any atom is -0.394 e. The topological polar surface area (TPSA) is 67.1 Å². The van der Waals surface area contributed by atoms with Gasteiger partial charge in [-0.3, -0.25) is 0 Å². The molecule has 0 atom stereocenters. The number of hydrogen-bond donors (Lipinski definition) is 2. The molecule has 18 heavy (non-hydrogen) atoms. The number of rotatable bonds is 4. The van der Waals surface area contributed by atoms with Crippen LogP contribution in [0.1, 0.15) is 25.0 Å². The first kappa shape index (κ1) is 13.4. The van der Waals surface area contributed by atoms with E-state index in [1.165, 1.54) is 32.4 Å². The Morgan fingerprint density at radius 3 is 2.72 bits per heavy atom. The summed E-state index contributed by atoms with van der Waals surface area (Å²) in [5.74, 6) is 0.643. The highest BCUT2D eigenvalue weighted by Crippen LogP contribution is 2.20. The smallest absolute Gasteiger partial charge is 0.224 e. The molecule has 1 aromatic rings. The lowest BCUT2D eigenvalue weighted by atomic mass is 10.1. The second kappa shape index (κ2) is 6.20. The van der Waals surface area contributed by atoms with Crippen molar-refractivity contribution < 1.29 is 0 Å². The summed E-state index contributed by atoms with van der Waals surface area (Å²) in [4.78, 5) is 10.6. The number of anilines is 2. The van der Waals surface area contributed by atoms with Crippen LogP contribution in [0.2, 0.25) is 5.28 Å². The van der Waals surface area contributed by atoms with Crippen molar-refractivity contribution in [2.45, 2.75) is 26.2 Å². The maximum atomic E-state index is 5.91. The van der Waals surface area contributed by atoms with Crippen LogP contribution < -0.4 is 11.1 Å². The highest BCUT2D eigenvalue weighted by molar-refractivity contribution is 6.28. The van der Waals surface area contributed by atoms with Gasteiger partial charge in [-0.2, -0.15) is 4.98 Å². The van der Waals surface area contributed by atoms with Crippen molar-refractivity contribution >= 4 is 23.1 Å². The van der Waals surface area contributed by atoms with E-state index in [1.807, 2.05) is 6.92 Å². The second-order valence-corrected chi connectivity index (χ2v) is 5.01. The lowest BCUT2D eigenvalue weighted by Gasteiger charge is -2.26. The predicted molar refractivity (Wildman–Crippen MR) is 75.0 cm³/mol. The van der Waals surface area contributed by atoms with Gasteiger partial charge in [0.15, 0.2) is 5.82 Å². The molecule has 1 saturated heterocycles. The van der Waals surface area contributed by atoms with Crippen molar-refractivity contribution in [3.8, 4) is 0 Å². The van der Waals surface area contributed by atoms with Crippen molar-refractivity contribution in [1.82, 2.24) is 14.9 Å². The zero-order chi connectivity index (χ0) is 13.0. The molecular formula is C12H20ClN5. The summed E-state index contributed by atoms with van der Waals surface area (Å²) in [5, 5.41) is 3.48. The molecule has 0 aliphatic carbocycles. The molecule has 0 amide bonds. The van der Waals surface area contributed by atoms with E-state index in [4.69, 9.17) is 17.3 Å². The molecule has 1 aromatic heterocycles. The molecule has 0 saturated carbocycles. The number of piperidine rings is 1. The SMILES string of the molecule is Cc1nc(Cl)nc(NCCN2CCCCC2)c1N. The molecule has 2 heterocycles. The Bertz CT molecular complexity index is 404. The van der Waals surface area contributed by atoms with Gasteiger partial charge in [0.25, 0.3) is 0 Å². The van der Waals surface area contributed by atoms with Crippen LogP contribution in [0.15, 0.2) is 0 Å². The summed E-state index contributed by atoms with van der Waals surface area (Å²) in [6, 6.07) is 0. The Hall–Kier alpha value is -1.07. The Balaban J connectivity index is 1.86. The van der Waals surface area contributed by atoms with E-state index in [0.717, 1.165) is 18.8 Å². The Labute approximate surface area is 113 Å². The third kappa shape index (κ3) is 3.46. The Kier molecular flexibility index (Phi) is 4.60. The van der Waals surface area contributed by atoms with Crippen LogP contribution in [0.25, 0.3) is 0 Å². The van der Waals surface area contributed by atoms with E-state index in [-0.39, 0.29) is 5.28 Å². The lowest BCUT2D eigenvalue weighted by Crippen LogP contribution is -2.33. The van der Waals surface area contributed by atoms with Crippen LogP contribution >= 0.6 is 11.6 Å². The minimum absolute atomic E-state index is 0.238. The third-order valence-corrected chi connectivity index (χ3v) is 3.45. The number of nitrogens with two attached hydrogens (primary N) is 1. The van der Waals surface area contributed by atoms with Crippen LogP contribution in [-0.4, -0.2) is 41.0 Å². The van der Waals surface area contributed by atoms with Crippen molar-refractivity contribution in [2.75, 3.05) is 37.2 Å². The molecule has 1 fully saturated rings. The van der Waals surface area contributed by atoms with Gasteiger partial charge >= 0.3 is 0 Å². The average molecular weight is 270 g/mol. The molecule has 0 radical (unpaired) electrons. The number of nitrogens with zero attached hydrogens (tertiary/aromatic N) is 3. The largest absolute Gasteiger partial charge is 0.394 e. The molecular weight excluding hydrogens is 250 g/mol. The number of nitrogens with one attached hydrogen (secondary N) is 1. The molecule has 1 aliphatic heterocycles. The van der Waals surface area contributed by atoms with Gasteiger partial charge in [-0.05, 0) is 44.5 Å². The van der Waals surface area contributed by atoms with Crippen molar-refractivity contribution in [3.63, 3.8) is 0 Å². The lowest BCUT2D eigenvalue weighted by molar-refractivity contribution is 0.237. The molecule has 100 valence electrons. The molecule has 3 N–H and O–H groups in total. The van der Waals surface area contributed by atoms with Crippen LogP contribution in [0, 0.1) is 6.92 Å². The summed E-state index contributed by atoms with van der Waals surface area (Å²) in [6.45, 7) is 6.07. The monoisotopic (exact) mass is 269 g/mol. The van der Waals surface area contributed by atoms with Crippen LogP contribution in [0.3, 0.4) is 0 Å². The molecule has 1 aliphatic rings. The fraction of sp³-hybridized carbons (Fsp3) is 0.667. The van der Waals surface area contributed by atoms with Gasteiger partial charge in [0, 0.05) is 13.1 Å². The maximum absolute atomic E-state index is 5.91. The highest BCUT2D eigenvalue weighted by atomic mass is 35.5. The summed E-state index contributed by atoms with van der Waals surface area (Å²) >= 11 is 5.82. The van der Waals surface area contributed by atoms with E-state index in [9.17, 15) is 0 Å². The van der Waals surface area contributed by atoms with Gasteiger partial charge in [-0.25, -0.2) is 4.98 Å². The zero-order valence-corrected chi connectivity index (χ0v) is 11.5. The second-order valence-electron chi connectivity index (χ2n) is 4.67. The first-order valence-electron chi connectivity index (χ1n) is 6.42. The summed E-state index contributed by atoms with van der Waals surface area (Å²) in [6.07, 6.45) is 3.97. The number of hydrogen-bond acceptors (Lipinski definition) is 5. The van der Waals surface area contributed by atoms with Gasteiger partial charge in [-0.15, -0.1) is 0 Å². The number of nitrogen functional groups attached to an aromatic ring is 1. The first-order valence-corrected chi connectivity index (χ1v) is 6.80. The van der Waals surface area contributed by atoms with E-state index in [2.05, 4.69) is 20.2 Å². The van der Waals surface area contributed by atoms with Crippen LogP contribution in [0.4, 0.5) is 11.5 Å². The fourth-order valence-electron chi connectivity index (χ4n) is 2.20. The van der Waals surface area contributed by atoms with Crippen molar-refractivity contribution in [2.24, 2.45) is 0 Å². The molecule has 0 aromatic carbocycles. The van der Waals surface area contributed by atoms with Gasteiger partial charge < -0.3 is 16.0 Å². The molecule has 0 bridgehead atoms. The fourth-order valence-corrected chi connectivity index (χ4v) is 2.41. The average Bonchev–Trinajstić information content (AvgIpc) is 2.36. The summed E-state index contributed by atoms with van der Waals surface area (Å²) < 4.78 is 0. The zero-order valence-electron chi connectivity index (χ0n) is 10.7. The van der Waals surface area contributed by atoms with Gasteiger partial charge in [0.05, 0.1) is 11.4 Å². The van der Waals surface area contributed by atoms with Crippen LogP contribution in [0.5, 0.6) is 0 Å². The standard InChI is InChI=1S/C12H20ClN5/c1-9-10(14)11(17-12(13)16-9)15-5-8-18-6-3-2-4-7-18/h2-8,14H2,1H3,(H,15,16,17). The first-order chi connectivity index (χ1) is 8.66. The molecule has 0 unspecified atom stereocenters. The quantitative estimate of drug-likeness (QED) is 0.818. The predicted octanol–water partition coefficient (Wildman–Crippen LogP) is 1.92. The van der Waals surface area contributed by atoms with Gasteiger partial charge in [-0.1, -0.05) is 6.42 Å². The molecule has 2 rings (SSSR count). The summed E-state index contributed by atoms with van der Waals surface area (Å²) in [7, 11) is 0. The third-order valence-electron chi connectivity index (χ3n) is 3.28. The normalized spacial score (nSPS) is 16.8. The van der Waals surface area contributed by atoms with Gasteiger partial charge in [0.1, 0.15) is 0 Å². The Morgan fingerprint density at radius 1 is 1.28 bits per heavy atom. The number of likely N-dealkylation sites (tertiary alicyclic amines) is 1.